The van der Waals surface area contributed by atoms with Crippen LogP contribution in [0.5, 0.6) is 11.5 Å². The van der Waals surface area contributed by atoms with E-state index in [2.05, 4.69) is 4.90 Å². The van der Waals surface area contributed by atoms with Gasteiger partial charge in [-0.05, 0) is 49.8 Å². The summed E-state index contributed by atoms with van der Waals surface area (Å²) in [6.07, 6.45) is 0. The Morgan fingerprint density at radius 2 is 1.75 bits per heavy atom. The van der Waals surface area contributed by atoms with Gasteiger partial charge in [-0.1, -0.05) is 38.1 Å². The summed E-state index contributed by atoms with van der Waals surface area (Å²) in [4.78, 5) is 29.7. The molecule has 0 spiro atoms. The monoisotopic (exact) mass is 438 g/mol. The number of likely N-dealkylation sites (N-methyl/N-ethyl adjacent to an activating group) is 1. The lowest BCUT2D eigenvalue weighted by molar-refractivity contribution is -0.140. The van der Waals surface area contributed by atoms with Gasteiger partial charge in [0.25, 0.3) is 11.7 Å². The molecule has 1 amide bonds. The first-order valence-corrected chi connectivity index (χ1v) is 10.9. The normalized spacial score (nSPS) is 17.9. The number of benzene rings is 2. The average Bonchev–Trinajstić information content (AvgIpc) is 3.05. The summed E-state index contributed by atoms with van der Waals surface area (Å²) in [5.41, 5.74) is 1.08. The van der Waals surface area contributed by atoms with Crippen molar-refractivity contribution in [3.05, 3.63) is 65.2 Å². The van der Waals surface area contributed by atoms with Gasteiger partial charge in [-0.25, -0.2) is 0 Å². The molecule has 0 aliphatic carbocycles. The minimum Gasteiger partial charge on any atom is -0.508 e. The number of likely N-dealkylation sites (tertiary alicyclic amines) is 1. The highest BCUT2D eigenvalue weighted by Gasteiger charge is 2.46. The van der Waals surface area contributed by atoms with Crippen LogP contribution in [0.3, 0.4) is 0 Å². The summed E-state index contributed by atoms with van der Waals surface area (Å²) in [6.45, 7) is 9.01. The smallest absolute Gasteiger partial charge is 0.295 e. The standard InChI is InChI=1S/C25H30N2O5/c1-4-26(5-2)14-15-27-22(17-10-12-19(28)13-11-17)21(24(30)25(27)31)23(29)18-8-7-9-20(16-18)32-6-3/h7-13,16,22,28-29H,4-6,14-15H2,1-3H3. The van der Waals surface area contributed by atoms with Crippen LogP contribution in [0.4, 0.5) is 0 Å². The minimum atomic E-state index is -0.748. The second kappa shape index (κ2) is 10.3. The number of carbonyl (C=O) groups excluding carboxylic acids is 2. The third kappa shape index (κ3) is 4.78. The fourth-order valence-electron chi connectivity index (χ4n) is 3.96. The van der Waals surface area contributed by atoms with Crippen LogP contribution < -0.4 is 4.74 Å². The molecule has 1 fully saturated rings. The Labute approximate surface area is 188 Å². The molecule has 170 valence electrons. The van der Waals surface area contributed by atoms with Gasteiger partial charge in [-0.15, -0.1) is 0 Å². The number of nitrogens with zero attached hydrogens (tertiary/aromatic N) is 2. The number of rotatable bonds is 9. The van der Waals surface area contributed by atoms with Gasteiger partial charge in [0.15, 0.2) is 0 Å². The molecule has 1 aliphatic rings. The Bertz CT molecular complexity index is 996. The Morgan fingerprint density at radius 3 is 2.38 bits per heavy atom. The predicted molar refractivity (Wildman–Crippen MR) is 123 cm³/mol. The van der Waals surface area contributed by atoms with Crippen LogP contribution in [0.1, 0.15) is 37.9 Å². The number of Topliss-reactive ketones (excluding diaryl/α,β-unsaturated/α-hetero) is 1. The summed E-state index contributed by atoms with van der Waals surface area (Å²) >= 11 is 0. The van der Waals surface area contributed by atoms with Crippen LogP contribution in [0.25, 0.3) is 5.76 Å². The number of hydrogen-bond donors (Lipinski definition) is 2. The highest BCUT2D eigenvalue weighted by molar-refractivity contribution is 6.46. The number of aliphatic hydroxyl groups is 1. The van der Waals surface area contributed by atoms with Crippen LogP contribution >= 0.6 is 0 Å². The molecular weight excluding hydrogens is 408 g/mol. The molecule has 2 N–H and O–H groups in total. The highest BCUT2D eigenvalue weighted by atomic mass is 16.5. The summed E-state index contributed by atoms with van der Waals surface area (Å²) in [6, 6.07) is 12.4. The Kier molecular flexibility index (Phi) is 7.53. The molecule has 1 saturated heterocycles. The number of ketones is 1. The van der Waals surface area contributed by atoms with Crippen molar-refractivity contribution >= 4 is 17.4 Å². The van der Waals surface area contributed by atoms with Gasteiger partial charge in [0, 0.05) is 18.7 Å². The van der Waals surface area contributed by atoms with Crippen molar-refractivity contribution in [2.75, 3.05) is 32.8 Å². The van der Waals surface area contributed by atoms with E-state index >= 15 is 0 Å². The van der Waals surface area contributed by atoms with Crippen LogP contribution in [-0.2, 0) is 9.59 Å². The Morgan fingerprint density at radius 1 is 1.06 bits per heavy atom. The fourth-order valence-corrected chi connectivity index (χ4v) is 3.96. The number of carbonyl (C=O) groups is 2. The van der Waals surface area contributed by atoms with Gasteiger partial charge < -0.3 is 24.7 Å². The van der Waals surface area contributed by atoms with E-state index in [0.717, 1.165) is 13.1 Å². The maximum Gasteiger partial charge on any atom is 0.295 e. The number of aliphatic hydroxyl groups excluding tert-OH is 1. The van der Waals surface area contributed by atoms with E-state index < -0.39 is 17.7 Å². The first-order chi connectivity index (χ1) is 15.4. The summed E-state index contributed by atoms with van der Waals surface area (Å²) in [5, 5.41) is 20.9. The lowest BCUT2D eigenvalue weighted by atomic mass is 9.95. The van der Waals surface area contributed by atoms with E-state index in [1.54, 1.807) is 36.4 Å². The fraction of sp³-hybridized carbons (Fsp3) is 0.360. The molecule has 1 unspecified atom stereocenters. The SMILES string of the molecule is CCOc1cccc(C(O)=C2C(=O)C(=O)N(CCN(CC)CC)C2c2ccc(O)cc2)c1. The number of phenols is 1. The van der Waals surface area contributed by atoms with Crippen molar-refractivity contribution in [3.8, 4) is 11.5 Å². The number of ether oxygens (including phenoxy) is 1. The lowest BCUT2D eigenvalue weighted by Gasteiger charge is -2.28. The molecule has 3 rings (SSSR count). The molecule has 2 aromatic rings. The Balaban J connectivity index is 2.08. The summed E-state index contributed by atoms with van der Waals surface area (Å²) in [5.74, 6) is -0.959. The van der Waals surface area contributed by atoms with Crippen LogP contribution in [0.2, 0.25) is 0 Å². The zero-order valence-electron chi connectivity index (χ0n) is 18.7. The van der Waals surface area contributed by atoms with Gasteiger partial charge in [0.2, 0.25) is 0 Å². The maximum absolute atomic E-state index is 13.1. The van der Waals surface area contributed by atoms with Gasteiger partial charge in [0.05, 0.1) is 18.2 Å². The quantitative estimate of drug-likeness (QED) is 0.354. The van der Waals surface area contributed by atoms with Crippen molar-refractivity contribution in [1.82, 2.24) is 9.80 Å². The first-order valence-electron chi connectivity index (χ1n) is 10.9. The third-order valence-electron chi connectivity index (χ3n) is 5.72. The molecule has 0 saturated carbocycles. The van der Waals surface area contributed by atoms with E-state index in [9.17, 15) is 19.8 Å². The van der Waals surface area contributed by atoms with Crippen LogP contribution in [-0.4, -0.2) is 64.5 Å². The predicted octanol–water partition coefficient (Wildman–Crippen LogP) is 3.55. The van der Waals surface area contributed by atoms with Crippen molar-refractivity contribution in [2.45, 2.75) is 26.8 Å². The van der Waals surface area contributed by atoms with Crippen LogP contribution in [0.15, 0.2) is 54.1 Å². The maximum atomic E-state index is 13.1. The number of amides is 1. The molecule has 7 heteroatoms. The Hall–Kier alpha value is -3.32. The highest BCUT2D eigenvalue weighted by Crippen LogP contribution is 2.40. The largest absolute Gasteiger partial charge is 0.508 e. The molecule has 2 aromatic carbocycles. The van der Waals surface area contributed by atoms with Gasteiger partial charge in [-0.3, -0.25) is 9.59 Å². The second-order valence-electron chi connectivity index (χ2n) is 7.57. The van der Waals surface area contributed by atoms with Crippen molar-refractivity contribution in [2.24, 2.45) is 0 Å². The molecule has 1 atom stereocenters. The van der Waals surface area contributed by atoms with E-state index in [1.807, 2.05) is 20.8 Å². The number of aromatic hydroxyl groups is 1. The average molecular weight is 439 g/mol. The molecular formula is C25H30N2O5. The van der Waals surface area contributed by atoms with Crippen molar-refractivity contribution in [1.29, 1.82) is 0 Å². The summed E-state index contributed by atoms with van der Waals surface area (Å²) < 4.78 is 5.51. The molecule has 1 heterocycles. The second-order valence-corrected chi connectivity index (χ2v) is 7.57. The molecule has 7 nitrogen and oxygen atoms in total. The number of phenolic OH excluding ortho intramolecular Hbond substituents is 1. The topological polar surface area (TPSA) is 90.3 Å². The van der Waals surface area contributed by atoms with Gasteiger partial charge >= 0.3 is 0 Å². The van der Waals surface area contributed by atoms with E-state index in [0.29, 0.717) is 36.6 Å². The molecule has 0 radical (unpaired) electrons. The van der Waals surface area contributed by atoms with E-state index in [4.69, 9.17) is 4.74 Å². The van der Waals surface area contributed by atoms with E-state index in [1.165, 1.54) is 17.0 Å². The minimum absolute atomic E-state index is 0.0360. The molecule has 32 heavy (non-hydrogen) atoms. The lowest BCUT2D eigenvalue weighted by Crippen LogP contribution is -2.38. The first kappa shape index (κ1) is 23.3. The van der Waals surface area contributed by atoms with E-state index in [-0.39, 0.29) is 17.1 Å². The zero-order chi connectivity index (χ0) is 23.3. The van der Waals surface area contributed by atoms with Crippen LogP contribution in [0, 0.1) is 0 Å². The molecule has 1 aliphatic heterocycles. The van der Waals surface area contributed by atoms with Gasteiger partial charge in [-0.2, -0.15) is 0 Å². The zero-order valence-corrected chi connectivity index (χ0v) is 18.7. The van der Waals surface area contributed by atoms with Gasteiger partial charge in [0.1, 0.15) is 17.3 Å². The molecule has 0 bridgehead atoms. The summed E-state index contributed by atoms with van der Waals surface area (Å²) in [7, 11) is 0. The van der Waals surface area contributed by atoms with Crippen molar-refractivity contribution < 1.29 is 24.5 Å². The molecule has 0 aromatic heterocycles. The third-order valence-corrected chi connectivity index (χ3v) is 5.72. The number of hydrogen-bond acceptors (Lipinski definition) is 6. The van der Waals surface area contributed by atoms with Crippen molar-refractivity contribution in [3.63, 3.8) is 0 Å².